The molecule has 0 radical (unpaired) electrons. The predicted molar refractivity (Wildman–Crippen MR) is 78.8 cm³/mol. The molecule has 0 aliphatic heterocycles. The summed E-state index contributed by atoms with van der Waals surface area (Å²) < 4.78 is 19.4. The predicted octanol–water partition coefficient (Wildman–Crippen LogP) is 3.49. The van der Waals surface area contributed by atoms with Crippen LogP contribution in [0.5, 0.6) is 5.75 Å². The van der Waals surface area contributed by atoms with Crippen LogP contribution < -0.4 is 10.1 Å². The monoisotopic (exact) mass is 298 g/mol. The number of benzene rings is 1. The highest BCUT2D eigenvalue weighted by atomic mass is 19.1. The molecule has 5 nitrogen and oxygen atoms in total. The van der Waals surface area contributed by atoms with Gasteiger partial charge in [0.2, 0.25) is 0 Å². The lowest BCUT2D eigenvalue weighted by Gasteiger charge is -2.21. The van der Waals surface area contributed by atoms with E-state index in [9.17, 15) is 4.39 Å². The van der Waals surface area contributed by atoms with E-state index in [1.807, 2.05) is 20.8 Å². The Labute approximate surface area is 128 Å². The standard InChI is InChI=1S/C16H15FN4O/c1-16(2,3)10-22-15-12(17)5-4-6-13(15)21-14(9-20)11(7-18)8-19/h4-6,21H,10H2,1-3H3. The zero-order chi connectivity index (χ0) is 16.8. The maximum atomic E-state index is 14.0. The summed E-state index contributed by atoms with van der Waals surface area (Å²) in [5.41, 5.74) is -0.633. The Balaban J connectivity index is 3.19. The molecule has 1 aromatic rings. The van der Waals surface area contributed by atoms with E-state index in [0.717, 1.165) is 0 Å². The molecule has 0 unspecified atom stereocenters. The van der Waals surface area contributed by atoms with Gasteiger partial charge in [-0.1, -0.05) is 26.8 Å². The Bertz CT molecular complexity index is 696. The normalized spacial score (nSPS) is 9.86. The first-order valence-electron chi connectivity index (χ1n) is 6.45. The fraction of sp³-hybridized carbons (Fsp3) is 0.312. The van der Waals surface area contributed by atoms with E-state index < -0.39 is 5.82 Å². The van der Waals surface area contributed by atoms with Gasteiger partial charge in [0, 0.05) is 0 Å². The van der Waals surface area contributed by atoms with Gasteiger partial charge in [0.15, 0.2) is 17.1 Å². The average molecular weight is 298 g/mol. The molecule has 0 aromatic heterocycles. The number of halogens is 1. The van der Waals surface area contributed by atoms with Gasteiger partial charge in [0.1, 0.15) is 23.9 Å². The number of anilines is 1. The van der Waals surface area contributed by atoms with Crippen LogP contribution in [-0.4, -0.2) is 6.61 Å². The van der Waals surface area contributed by atoms with E-state index in [2.05, 4.69) is 5.32 Å². The highest BCUT2D eigenvalue weighted by molar-refractivity contribution is 5.64. The van der Waals surface area contributed by atoms with Gasteiger partial charge in [0.05, 0.1) is 12.3 Å². The smallest absolute Gasteiger partial charge is 0.178 e. The zero-order valence-electron chi connectivity index (χ0n) is 12.6. The molecule has 0 fully saturated rings. The van der Waals surface area contributed by atoms with Gasteiger partial charge in [0.25, 0.3) is 0 Å². The van der Waals surface area contributed by atoms with Crippen LogP contribution in [0.2, 0.25) is 0 Å². The van der Waals surface area contributed by atoms with E-state index >= 15 is 0 Å². The first-order valence-corrected chi connectivity index (χ1v) is 6.45. The van der Waals surface area contributed by atoms with Crippen LogP contribution in [0.25, 0.3) is 0 Å². The third kappa shape index (κ3) is 4.51. The van der Waals surface area contributed by atoms with Crippen molar-refractivity contribution in [1.82, 2.24) is 0 Å². The molecule has 0 amide bonds. The number of hydrogen-bond acceptors (Lipinski definition) is 5. The van der Waals surface area contributed by atoms with Gasteiger partial charge >= 0.3 is 0 Å². The topological polar surface area (TPSA) is 92.6 Å². The third-order valence-corrected chi connectivity index (χ3v) is 2.46. The number of nitrogens with one attached hydrogen (secondary N) is 1. The summed E-state index contributed by atoms with van der Waals surface area (Å²) in [4.78, 5) is 0. The average Bonchev–Trinajstić information content (AvgIpc) is 2.45. The number of hydrogen-bond donors (Lipinski definition) is 1. The van der Waals surface area contributed by atoms with E-state index in [-0.39, 0.29) is 34.7 Å². The van der Waals surface area contributed by atoms with Gasteiger partial charge in [-0.05, 0) is 17.5 Å². The van der Waals surface area contributed by atoms with Crippen LogP contribution in [0.1, 0.15) is 20.8 Å². The van der Waals surface area contributed by atoms with Crippen molar-refractivity contribution in [2.75, 3.05) is 11.9 Å². The molecule has 0 aliphatic carbocycles. The van der Waals surface area contributed by atoms with Crippen molar-refractivity contribution >= 4 is 5.69 Å². The lowest BCUT2D eigenvalue weighted by atomic mass is 9.99. The Hall–Kier alpha value is -3.04. The second-order valence-electron chi connectivity index (χ2n) is 5.68. The molecular formula is C16H15FN4O. The summed E-state index contributed by atoms with van der Waals surface area (Å²) in [5.74, 6) is -0.651. The van der Waals surface area contributed by atoms with Crippen molar-refractivity contribution in [2.45, 2.75) is 20.8 Å². The van der Waals surface area contributed by atoms with Crippen LogP contribution in [0, 0.1) is 45.2 Å². The molecule has 0 saturated carbocycles. The number of allylic oxidation sites excluding steroid dienone is 2. The zero-order valence-corrected chi connectivity index (χ0v) is 12.6. The number of rotatable bonds is 4. The van der Waals surface area contributed by atoms with Crippen LogP contribution in [-0.2, 0) is 0 Å². The van der Waals surface area contributed by atoms with Crippen LogP contribution in [0.4, 0.5) is 10.1 Å². The molecule has 0 aliphatic rings. The third-order valence-electron chi connectivity index (χ3n) is 2.46. The van der Waals surface area contributed by atoms with E-state index in [1.54, 1.807) is 18.2 Å². The van der Waals surface area contributed by atoms with Gasteiger partial charge in [-0.2, -0.15) is 15.8 Å². The minimum absolute atomic E-state index is 0.0552. The van der Waals surface area contributed by atoms with E-state index in [1.165, 1.54) is 18.2 Å². The SMILES string of the molecule is CC(C)(C)COc1c(F)cccc1NC(C#N)=C(C#N)C#N. The van der Waals surface area contributed by atoms with Crippen LogP contribution in [0.3, 0.4) is 0 Å². The molecular weight excluding hydrogens is 283 g/mol. The van der Waals surface area contributed by atoms with Gasteiger partial charge in [-0.25, -0.2) is 4.39 Å². The van der Waals surface area contributed by atoms with Crippen molar-refractivity contribution in [3.8, 4) is 24.0 Å². The summed E-state index contributed by atoms with van der Waals surface area (Å²) in [6.45, 7) is 6.07. The molecule has 0 saturated heterocycles. The summed E-state index contributed by atoms with van der Waals surface area (Å²) in [5, 5.41) is 29.2. The molecule has 1 aromatic carbocycles. The highest BCUT2D eigenvalue weighted by Gasteiger charge is 2.17. The quantitative estimate of drug-likeness (QED) is 0.859. The van der Waals surface area contributed by atoms with E-state index in [0.29, 0.717) is 0 Å². The van der Waals surface area contributed by atoms with Crippen LogP contribution in [0.15, 0.2) is 29.5 Å². The summed E-state index contributed by atoms with van der Waals surface area (Å²) >= 11 is 0. The van der Waals surface area contributed by atoms with E-state index in [4.69, 9.17) is 20.5 Å². The van der Waals surface area contributed by atoms with Crippen molar-refractivity contribution < 1.29 is 9.13 Å². The van der Waals surface area contributed by atoms with Gasteiger partial charge < -0.3 is 10.1 Å². The molecule has 1 rings (SSSR count). The van der Waals surface area contributed by atoms with Crippen molar-refractivity contribution in [1.29, 1.82) is 15.8 Å². The molecule has 0 heterocycles. The Morgan fingerprint density at radius 2 is 1.82 bits per heavy atom. The maximum absolute atomic E-state index is 14.0. The first-order chi connectivity index (χ1) is 10.3. The minimum atomic E-state index is -0.595. The Morgan fingerprint density at radius 3 is 2.32 bits per heavy atom. The second-order valence-corrected chi connectivity index (χ2v) is 5.68. The molecule has 0 bridgehead atoms. The molecule has 1 N–H and O–H groups in total. The largest absolute Gasteiger partial charge is 0.488 e. The lowest BCUT2D eigenvalue weighted by molar-refractivity contribution is 0.192. The molecule has 22 heavy (non-hydrogen) atoms. The minimum Gasteiger partial charge on any atom is -0.488 e. The van der Waals surface area contributed by atoms with Gasteiger partial charge in [-0.15, -0.1) is 0 Å². The molecule has 112 valence electrons. The van der Waals surface area contributed by atoms with Gasteiger partial charge in [-0.3, -0.25) is 0 Å². The number of ether oxygens (including phenoxy) is 1. The number of nitrogens with zero attached hydrogens (tertiary/aromatic N) is 3. The highest BCUT2D eigenvalue weighted by Crippen LogP contribution is 2.30. The summed E-state index contributed by atoms with van der Waals surface area (Å²) in [6.07, 6.45) is 0. The maximum Gasteiger partial charge on any atom is 0.178 e. The fourth-order valence-corrected chi connectivity index (χ4v) is 1.46. The summed E-state index contributed by atoms with van der Waals surface area (Å²) in [7, 11) is 0. The van der Waals surface area contributed by atoms with Crippen LogP contribution >= 0.6 is 0 Å². The van der Waals surface area contributed by atoms with Crippen molar-refractivity contribution in [3.05, 3.63) is 35.3 Å². The molecule has 0 spiro atoms. The summed E-state index contributed by atoms with van der Waals surface area (Å²) in [6, 6.07) is 9.12. The number of nitriles is 3. The Morgan fingerprint density at radius 1 is 1.18 bits per heavy atom. The Kier molecular flexibility index (Phi) is 5.50. The molecule has 0 atom stereocenters. The number of para-hydroxylation sites is 1. The lowest BCUT2D eigenvalue weighted by Crippen LogP contribution is -2.18. The van der Waals surface area contributed by atoms with Crippen molar-refractivity contribution in [2.24, 2.45) is 5.41 Å². The first kappa shape index (κ1) is 17.0. The molecule has 6 heteroatoms. The fourth-order valence-electron chi connectivity index (χ4n) is 1.46. The second kappa shape index (κ2) is 7.11. The van der Waals surface area contributed by atoms with Crippen molar-refractivity contribution in [3.63, 3.8) is 0 Å².